The predicted molar refractivity (Wildman–Crippen MR) is 116 cm³/mol. The lowest BCUT2D eigenvalue weighted by atomic mass is 10.0. The van der Waals surface area contributed by atoms with Gasteiger partial charge in [-0.15, -0.1) is 0 Å². The van der Waals surface area contributed by atoms with Crippen molar-refractivity contribution in [3.05, 3.63) is 47.0 Å². The van der Waals surface area contributed by atoms with Crippen LogP contribution in [0, 0.1) is 19.7 Å². The van der Waals surface area contributed by atoms with E-state index in [-0.39, 0.29) is 5.82 Å². The summed E-state index contributed by atoms with van der Waals surface area (Å²) in [6.45, 7) is 15.0. The van der Waals surface area contributed by atoms with Gasteiger partial charge >= 0.3 is 0 Å². The van der Waals surface area contributed by atoms with E-state index in [4.69, 9.17) is 5.10 Å². The van der Waals surface area contributed by atoms with Crippen molar-refractivity contribution >= 4 is 5.69 Å². The molecule has 1 aromatic carbocycles. The van der Waals surface area contributed by atoms with Crippen LogP contribution in [0.4, 0.5) is 10.1 Å². The molecule has 2 fully saturated rings. The van der Waals surface area contributed by atoms with Crippen LogP contribution in [-0.4, -0.2) is 64.9 Å². The maximum Gasteiger partial charge on any atom is 0.123 e. The number of aromatic nitrogens is 2. The topological polar surface area (TPSA) is 27.5 Å². The van der Waals surface area contributed by atoms with Gasteiger partial charge in [-0.05, 0) is 64.4 Å². The summed E-state index contributed by atoms with van der Waals surface area (Å²) >= 11 is 0. The van der Waals surface area contributed by atoms with Gasteiger partial charge in [-0.1, -0.05) is 0 Å². The smallest absolute Gasteiger partial charge is 0.123 e. The van der Waals surface area contributed by atoms with Crippen LogP contribution >= 0.6 is 0 Å². The molecule has 2 aromatic rings. The molecule has 0 amide bonds. The number of hydrogen-bond acceptors (Lipinski definition) is 4. The van der Waals surface area contributed by atoms with Crippen molar-refractivity contribution < 1.29 is 4.39 Å². The molecule has 0 N–H and O–H groups in total. The average molecular weight is 400 g/mol. The van der Waals surface area contributed by atoms with Crippen LogP contribution in [0.1, 0.15) is 36.7 Å². The fourth-order valence-corrected chi connectivity index (χ4v) is 4.96. The number of piperazine rings is 1. The molecule has 158 valence electrons. The van der Waals surface area contributed by atoms with Gasteiger partial charge in [0.05, 0.1) is 5.69 Å². The highest BCUT2D eigenvalue weighted by atomic mass is 19.1. The third-order valence-corrected chi connectivity index (χ3v) is 6.72. The van der Waals surface area contributed by atoms with Crippen LogP contribution < -0.4 is 4.90 Å². The molecule has 6 heteroatoms. The molecule has 0 saturated carbocycles. The van der Waals surface area contributed by atoms with Gasteiger partial charge in [-0.25, -0.2) is 4.39 Å². The zero-order chi connectivity index (χ0) is 20.4. The molecule has 2 aliphatic heterocycles. The molecule has 2 saturated heterocycles. The number of anilines is 1. The van der Waals surface area contributed by atoms with E-state index >= 15 is 0 Å². The first-order valence-electron chi connectivity index (χ1n) is 11.0. The van der Waals surface area contributed by atoms with Gasteiger partial charge < -0.3 is 4.90 Å². The second kappa shape index (κ2) is 8.84. The van der Waals surface area contributed by atoms with Crippen LogP contribution in [0.3, 0.4) is 0 Å². The average Bonchev–Trinajstić information content (AvgIpc) is 3.02. The van der Waals surface area contributed by atoms with E-state index in [1.165, 1.54) is 36.3 Å². The summed E-state index contributed by atoms with van der Waals surface area (Å²) in [6, 6.07) is 7.56. The van der Waals surface area contributed by atoms with Gasteiger partial charge in [0.2, 0.25) is 0 Å². The molecule has 1 atom stereocenters. The third-order valence-electron chi connectivity index (χ3n) is 6.72. The van der Waals surface area contributed by atoms with Crippen molar-refractivity contribution in [2.75, 3.05) is 44.2 Å². The Morgan fingerprint density at radius 1 is 1.03 bits per heavy atom. The summed E-state index contributed by atoms with van der Waals surface area (Å²) in [5.41, 5.74) is 5.04. The fourth-order valence-electron chi connectivity index (χ4n) is 4.96. The van der Waals surface area contributed by atoms with Crippen LogP contribution in [0.5, 0.6) is 0 Å². The van der Waals surface area contributed by atoms with Crippen molar-refractivity contribution in [1.29, 1.82) is 0 Å². The lowest BCUT2D eigenvalue weighted by Gasteiger charge is -2.44. The number of benzene rings is 1. The summed E-state index contributed by atoms with van der Waals surface area (Å²) in [5, 5.41) is 4.70. The number of aryl methyl sites for hydroxylation is 2. The zero-order valence-electron chi connectivity index (χ0n) is 18.1. The zero-order valence-corrected chi connectivity index (χ0v) is 18.1. The lowest BCUT2D eigenvalue weighted by Crippen LogP contribution is -2.55. The highest BCUT2D eigenvalue weighted by Crippen LogP contribution is 2.23. The minimum atomic E-state index is -0.162. The van der Waals surface area contributed by atoms with E-state index in [1.807, 2.05) is 12.1 Å². The van der Waals surface area contributed by atoms with Crippen LogP contribution in [0.2, 0.25) is 0 Å². The van der Waals surface area contributed by atoms with Crippen LogP contribution in [0.15, 0.2) is 24.3 Å². The van der Waals surface area contributed by atoms with E-state index in [0.29, 0.717) is 6.04 Å². The molecular formula is C23H34FN5. The Kier molecular flexibility index (Phi) is 6.20. The minimum absolute atomic E-state index is 0.162. The van der Waals surface area contributed by atoms with E-state index in [1.54, 1.807) is 12.1 Å². The molecule has 3 heterocycles. The van der Waals surface area contributed by atoms with E-state index in [9.17, 15) is 4.39 Å². The van der Waals surface area contributed by atoms with E-state index in [2.05, 4.69) is 40.2 Å². The van der Waals surface area contributed by atoms with Gasteiger partial charge in [0.25, 0.3) is 0 Å². The maximum absolute atomic E-state index is 13.2. The Morgan fingerprint density at radius 2 is 1.76 bits per heavy atom. The number of likely N-dealkylation sites (tertiary alicyclic amines) is 1. The molecule has 0 spiro atoms. The first kappa shape index (κ1) is 20.4. The second-order valence-electron chi connectivity index (χ2n) is 8.50. The Balaban J connectivity index is 1.33. The molecular weight excluding hydrogens is 365 g/mol. The van der Waals surface area contributed by atoms with E-state index in [0.717, 1.165) is 51.5 Å². The van der Waals surface area contributed by atoms with Crippen molar-refractivity contribution in [2.45, 2.75) is 52.7 Å². The Hall–Kier alpha value is -1.92. The summed E-state index contributed by atoms with van der Waals surface area (Å²) in [7, 11) is 0. The molecule has 5 nitrogen and oxygen atoms in total. The van der Waals surface area contributed by atoms with Gasteiger partial charge in [0.1, 0.15) is 5.82 Å². The van der Waals surface area contributed by atoms with Crippen molar-refractivity contribution in [1.82, 2.24) is 19.6 Å². The molecule has 0 radical (unpaired) electrons. The monoisotopic (exact) mass is 399 g/mol. The van der Waals surface area contributed by atoms with Crippen molar-refractivity contribution in [3.8, 4) is 0 Å². The molecule has 2 aliphatic rings. The highest BCUT2D eigenvalue weighted by molar-refractivity contribution is 5.46. The Labute approximate surface area is 174 Å². The fraction of sp³-hybridized carbons (Fsp3) is 0.609. The summed E-state index contributed by atoms with van der Waals surface area (Å²) in [4.78, 5) is 7.67. The number of nitrogens with zero attached hydrogens (tertiary/aromatic N) is 5. The minimum Gasteiger partial charge on any atom is -0.369 e. The first-order valence-corrected chi connectivity index (χ1v) is 11.0. The van der Waals surface area contributed by atoms with Gasteiger partial charge in [0.15, 0.2) is 0 Å². The third kappa shape index (κ3) is 4.48. The highest BCUT2D eigenvalue weighted by Gasteiger charge is 2.29. The Morgan fingerprint density at radius 3 is 2.41 bits per heavy atom. The van der Waals surface area contributed by atoms with Crippen molar-refractivity contribution in [3.63, 3.8) is 0 Å². The number of rotatable bonds is 5. The first-order chi connectivity index (χ1) is 14.0. The maximum atomic E-state index is 13.2. The van der Waals surface area contributed by atoms with Gasteiger partial charge in [-0.3, -0.25) is 14.5 Å². The standard InChI is InChI=1S/C23H34FN5/c1-4-29-19(3)23(18(2)25-29)17-26-11-5-6-22(16-26)28-14-12-27(13-15-28)21-9-7-20(24)8-10-21/h7-10,22H,4-6,11-17H2,1-3H3/t22-/m0/s1. The molecule has 0 bridgehead atoms. The second-order valence-corrected chi connectivity index (χ2v) is 8.50. The molecule has 0 aliphatic carbocycles. The van der Waals surface area contributed by atoms with Crippen molar-refractivity contribution in [2.24, 2.45) is 0 Å². The quantitative estimate of drug-likeness (QED) is 0.770. The molecule has 1 aromatic heterocycles. The van der Waals surface area contributed by atoms with Gasteiger partial charge in [-0.2, -0.15) is 5.10 Å². The molecule has 0 unspecified atom stereocenters. The SMILES string of the molecule is CCn1nc(C)c(CN2CCC[C@H](N3CCN(c4ccc(F)cc4)CC3)C2)c1C. The number of hydrogen-bond donors (Lipinski definition) is 0. The molecule has 4 rings (SSSR count). The number of halogens is 1. The Bertz CT molecular complexity index is 807. The van der Waals surface area contributed by atoms with Crippen LogP contribution in [-0.2, 0) is 13.1 Å². The van der Waals surface area contributed by atoms with Gasteiger partial charge in [0, 0.05) is 68.8 Å². The largest absolute Gasteiger partial charge is 0.369 e. The van der Waals surface area contributed by atoms with E-state index < -0.39 is 0 Å². The summed E-state index contributed by atoms with van der Waals surface area (Å²) < 4.78 is 15.3. The predicted octanol–water partition coefficient (Wildman–Crippen LogP) is 3.45. The summed E-state index contributed by atoms with van der Waals surface area (Å²) in [6.07, 6.45) is 2.56. The summed E-state index contributed by atoms with van der Waals surface area (Å²) in [5.74, 6) is -0.162. The number of piperidine rings is 1. The lowest BCUT2D eigenvalue weighted by molar-refractivity contribution is 0.0885. The molecule has 29 heavy (non-hydrogen) atoms. The van der Waals surface area contributed by atoms with Crippen LogP contribution in [0.25, 0.3) is 0 Å². The normalized spacial score (nSPS) is 21.7.